The molecule has 1 aromatic rings. The fraction of sp³-hybridized carbons (Fsp3) is 0.462. The zero-order valence-corrected chi connectivity index (χ0v) is 9.31. The molecule has 1 saturated carbocycles. The van der Waals surface area contributed by atoms with Crippen LogP contribution in [0.1, 0.15) is 23.2 Å². The van der Waals surface area contributed by atoms with E-state index in [4.69, 9.17) is 4.74 Å². The number of rotatable bonds is 3. The summed E-state index contributed by atoms with van der Waals surface area (Å²) in [6, 6.07) is 8.57. The molecule has 92 valence electrons. The predicted molar refractivity (Wildman–Crippen MR) is 59.2 cm³/mol. The van der Waals surface area contributed by atoms with Gasteiger partial charge in [0.1, 0.15) is 12.3 Å². The number of hydrogen-bond donors (Lipinski definition) is 0. The van der Waals surface area contributed by atoms with Crippen LogP contribution in [-0.2, 0) is 4.74 Å². The maximum Gasteiger partial charge on any atom is 0.338 e. The predicted octanol–water partition coefficient (Wildman–Crippen LogP) is 2.93. The van der Waals surface area contributed by atoms with Crippen molar-refractivity contribution in [2.75, 3.05) is 6.61 Å². The van der Waals surface area contributed by atoms with Gasteiger partial charge in [0, 0.05) is 0 Å². The average Bonchev–Trinajstić information content (AvgIpc) is 2.67. The Morgan fingerprint density at radius 1 is 1.18 bits per heavy atom. The van der Waals surface area contributed by atoms with Gasteiger partial charge in [0.15, 0.2) is 0 Å². The van der Waals surface area contributed by atoms with Crippen LogP contribution in [0.4, 0.5) is 8.78 Å². The van der Waals surface area contributed by atoms with Gasteiger partial charge in [-0.25, -0.2) is 13.6 Å². The van der Waals surface area contributed by atoms with Crippen molar-refractivity contribution in [2.24, 2.45) is 5.92 Å². The molecule has 0 amide bonds. The highest BCUT2D eigenvalue weighted by molar-refractivity contribution is 5.89. The van der Waals surface area contributed by atoms with Crippen LogP contribution in [0.2, 0.25) is 0 Å². The van der Waals surface area contributed by atoms with Crippen molar-refractivity contribution in [3.05, 3.63) is 35.9 Å². The van der Waals surface area contributed by atoms with Gasteiger partial charge in [-0.3, -0.25) is 0 Å². The van der Waals surface area contributed by atoms with Gasteiger partial charge in [-0.05, 0) is 30.9 Å². The summed E-state index contributed by atoms with van der Waals surface area (Å²) >= 11 is 0. The monoisotopic (exact) mass is 240 g/mol. The SMILES string of the molecule is O=C(OCC1C[C@@H](F)[C@@H](F)C1)c1ccccc1. The van der Waals surface area contributed by atoms with Crippen molar-refractivity contribution in [3.63, 3.8) is 0 Å². The van der Waals surface area contributed by atoms with Crippen molar-refractivity contribution in [1.29, 1.82) is 0 Å². The summed E-state index contributed by atoms with van der Waals surface area (Å²) in [5, 5.41) is 0. The van der Waals surface area contributed by atoms with E-state index in [0.29, 0.717) is 5.56 Å². The molecule has 0 saturated heterocycles. The summed E-state index contributed by atoms with van der Waals surface area (Å²) in [7, 11) is 0. The Morgan fingerprint density at radius 2 is 1.76 bits per heavy atom. The van der Waals surface area contributed by atoms with Gasteiger partial charge in [-0.2, -0.15) is 0 Å². The molecule has 1 fully saturated rings. The van der Waals surface area contributed by atoms with Crippen molar-refractivity contribution >= 4 is 5.97 Å². The first kappa shape index (κ1) is 12.0. The molecule has 4 heteroatoms. The highest BCUT2D eigenvalue weighted by Gasteiger charge is 2.35. The highest BCUT2D eigenvalue weighted by Crippen LogP contribution is 2.30. The third-order valence-electron chi connectivity index (χ3n) is 2.97. The summed E-state index contributed by atoms with van der Waals surface area (Å²) in [4.78, 5) is 11.6. The molecule has 0 heterocycles. The Morgan fingerprint density at radius 3 is 2.35 bits per heavy atom. The fourth-order valence-corrected chi connectivity index (χ4v) is 2.02. The third-order valence-corrected chi connectivity index (χ3v) is 2.97. The van der Waals surface area contributed by atoms with Crippen molar-refractivity contribution in [1.82, 2.24) is 0 Å². The van der Waals surface area contributed by atoms with E-state index in [-0.39, 0.29) is 25.4 Å². The minimum Gasteiger partial charge on any atom is -0.462 e. The molecule has 3 atom stereocenters. The smallest absolute Gasteiger partial charge is 0.338 e. The quantitative estimate of drug-likeness (QED) is 0.759. The standard InChI is InChI=1S/C13H14F2O2/c14-11-6-9(7-12(11)15)8-17-13(16)10-4-2-1-3-5-10/h1-5,9,11-12H,6-8H2/t9?,11-,12+. The van der Waals surface area contributed by atoms with Gasteiger partial charge in [0.05, 0.1) is 12.2 Å². The normalized spacial score (nSPS) is 28.0. The van der Waals surface area contributed by atoms with Crippen molar-refractivity contribution in [3.8, 4) is 0 Å². The second-order valence-corrected chi connectivity index (χ2v) is 4.33. The molecule has 0 spiro atoms. The lowest BCUT2D eigenvalue weighted by Crippen LogP contribution is -2.12. The van der Waals surface area contributed by atoms with Crippen molar-refractivity contribution < 1.29 is 18.3 Å². The van der Waals surface area contributed by atoms with E-state index in [1.807, 2.05) is 0 Å². The Balaban J connectivity index is 1.81. The van der Waals surface area contributed by atoms with Crippen LogP contribution in [0.3, 0.4) is 0 Å². The van der Waals surface area contributed by atoms with Gasteiger partial charge in [-0.1, -0.05) is 18.2 Å². The molecule has 0 bridgehead atoms. The van der Waals surface area contributed by atoms with Crippen LogP contribution in [0.25, 0.3) is 0 Å². The second kappa shape index (κ2) is 5.25. The van der Waals surface area contributed by atoms with Gasteiger partial charge in [0.2, 0.25) is 0 Å². The van der Waals surface area contributed by atoms with Crippen LogP contribution in [0, 0.1) is 5.92 Å². The van der Waals surface area contributed by atoms with E-state index in [9.17, 15) is 13.6 Å². The van der Waals surface area contributed by atoms with Crippen molar-refractivity contribution in [2.45, 2.75) is 25.2 Å². The van der Waals surface area contributed by atoms with Gasteiger partial charge in [0.25, 0.3) is 0 Å². The zero-order chi connectivity index (χ0) is 12.3. The largest absolute Gasteiger partial charge is 0.462 e. The number of esters is 1. The van der Waals surface area contributed by atoms with Crippen LogP contribution in [-0.4, -0.2) is 24.9 Å². The van der Waals surface area contributed by atoms with Gasteiger partial charge >= 0.3 is 5.97 Å². The summed E-state index contributed by atoms with van der Waals surface area (Å²) in [6.07, 6.45) is -2.53. The molecular weight excluding hydrogens is 226 g/mol. The lowest BCUT2D eigenvalue weighted by Gasteiger charge is -2.09. The number of ether oxygens (including phenoxy) is 1. The summed E-state index contributed by atoms with van der Waals surface area (Å²) < 4.78 is 30.8. The van der Waals surface area contributed by atoms with Crippen LogP contribution in [0.15, 0.2) is 30.3 Å². The number of carbonyl (C=O) groups excluding carboxylic acids is 1. The van der Waals surface area contributed by atoms with E-state index in [2.05, 4.69) is 0 Å². The molecule has 0 aliphatic heterocycles. The highest BCUT2D eigenvalue weighted by atomic mass is 19.2. The Hall–Kier alpha value is -1.45. The van der Waals surface area contributed by atoms with Crippen LogP contribution >= 0.6 is 0 Å². The van der Waals surface area contributed by atoms with E-state index in [1.54, 1.807) is 30.3 Å². The maximum absolute atomic E-state index is 12.9. The molecule has 0 aromatic heterocycles. The minimum atomic E-state index is -1.41. The number of benzene rings is 1. The number of halogens is 2. The fourth-order valence-electron chi connectivity index (χ4n) is 2.02. The van der Waals surface area contributed by atoms with Gasteiger partial charge in [-0.15, -0.1) is 0 Å². The molecule has 1 aliphatic carbocycles. The van der Waals surface area contributed by atoms with E-state index < -0.39 is 18.3 Å². The lowest BCUT2D eigenvalue weighted by atomic mass is 10.1. The first-order chi connectivity index (χ1) is 8.16. The molecular formula is C13H14F2O2. The van der Waals surface area contributed by atoms with Gasteiger partial charge < -0.3 is 4.74 Å². The van der Waals surface area contributed by atoms with Crippen LogP contribution < -0.4 is 0 Å². The van der Waals surface area contributed by atoms with Crippen LogP contribution in [0.5, 0.6) is 0 Å². The lowest BCUT2D eigenvalue weighted by molar-refractivity contribution is 0.0436. The molecule has 1 unspecified atom stereocenters. The molecule has 1 aromatic carbocycles. The zero-order valence-electron chi connectivity index (χ0n) is 9.31. The first-order valence-electron chi connectivity index (χ1n) is 5.67. The summed E-state index contributed by atoms with van der Waals surface area (Å²) in [5.74, 6) is -0.643. The molecule has 1 aliphatic rings. The molecule has 0 N–H and O–H groups in total. The Labute approximate surface area is 98.6 Å². The Bertz CT molecular complexity index is 370. The molecule has 0 radical (unpaired) electrons. The Kier molecular flexibility index (Phi) is 3.71. The van der Waals surface area contributed by atoms with E-state index in [0.717, 1.165) is 0 Å². The number of hydrogen-bond acceptors (Lipinski definition) is 2. The first-order valence-corrected chi connectivity index (χ1v) is 5.67. The third kappa shape index (κ3) is 3.02. The minimum absolute atomic E-state index is 0.0918. The maximum atomic E-state index is 12.9. The topological polar surface area (TPSA) is 26.3 Å². The number of carbonyl (C=O) groups is 1. The summed E-state index contributed by atoms with van der Waals surface area (Å²) in [6.45, 7) is 0.0918. The van der Waals surface area contributed by atoms with E-state index in [1.165, 1.54) is 0 Å². The molecule has 2 nitrogen and oxygen atoms in total. The average molecular weight is 240 g/mol. The molecule has 17 heavy (non-hydrogen) atoms. The molecule has 2 rings (SSSR count). The summed E-state index contributed by atoms with van der Waals surface area (Å²) in [5.41, 5.74) is 0.457. The van der Waals surface area contributed by atoms with E-state index >= 15 is 0 Å². The second-order valence-electron chi connectivity index (χ2n) is 4.33. The number of alkyl halides is 2.